The minimum atomic E-state index is -0.564. The van der Waals surface area contributed by atoms with Crippen LogP contribution in [0.15, 0.2) is 34.9 Å². The van der Waals surface area contributed by atoms with E-state index in [2.05, 4.69) is 21.9 Å². The highest BCUT2D eigenvalue weighted by molar-refractivity contribution is 5.91. The van der Waals surface area contributed by atoms with E-state index in [0.29, 0.717) is 11.6 Å². The zero-order valence-corrected chi connectivity index (χ0v) is 13.1. The molecule has 3 N–H and O–H groups in total. The molecule has 1 unspecified atom stereocenters. The van der Waals surface area contributed by atoms with Crippen LogP contribution >= 0.6 is 0 Å². The highest BCUT2D eigenvalue weighted by atomic mass is 16.5. The van der Waals surface area contributed by atoms with Crippen molar-refractivity contribution in [2.45, 2.75) is 31.7 Å². The summed E-state index contributed by atoms with van der Waals surface area (Å²) in [5.41, 5.74) is 1.75. The summed E-state index contributed by atoms with van der Waals surface area (Å²) in [4.78, 5) is 12.1. The maximum atomic E-state index is 12.1. The van der Waals surface area contributed by atoms with E-state index in [9.17, 15) is 9.90 Å². The molecule has 6 nitrogen and oxygen atoms in total. The number of aliphatic hydroxyl groups excluding tert-OH is 1. The maximum absolute atomic E-state index is 12.1. The Bertz CT molecular complexity index is 698. The highest BCUT2D eigenvalue weighted by Gasteiger charge is 2.35. The summed E-state index contributed by atoms with van der Waals surface area (Å²) in [6, 6.07) is 9.74. The van der Waals surface area contributed by atoms with Crippen molar-refractivity contribution in [3.05, 3.63) is 47.2 Å². The Morgan fingerprint density at radius 2 is 2.26 bits per heavy atom. The normalized spacial score (nSPS) is 20.1. The van der Waals surface area contributed by atoms with E-state index in [1.54, 1.807) is 13.0 Å². The second-order valence-corrected chi connectivity index (χ2v) is 5.98. The van der Waals surface area contributed by atoms with Gasteiger partial charge in [0.25, 0.3) is 0 Å². The van der Waals surface area contributed by atoms with Gasteiger partial charge in [-0.2, -0.15) is 0 Å². The van der Waals surface area contributed by atoms with Crippen molar-refractivity contribution in [2.24, 2.45) is 0 Å². The number of nitrogens with zero attached hydrogens (tertiary/aromatic N) is 1. The Balaban J connectivity index is 1.69. The average molecular weight is 315 g/mol. The SMILES string of the molecule is Cc1cc(NC(=O)CNC2(CO)CCCc3ccccc32)no1. The van der Waals surface area contributed by atoms with E-state index >= 15 is 0 Å². The molecule has 1 aromatic heterocycles. The highest BCUT2D eigenvalue weighted by Crippen LogP contribution is 2.34. The number of fused-ring (bicyclic) bond motifs is 1. The zero-order chi connectivity index (χ0) is 16.3. The molecule has 0 radical (unpaired) electrons. The van der Waals surface area contributed by atoms with Gasteiger partial charge >= 0.3 is 0 Å². The van der Waals surface area contributed by atoms with Gasteiger partial charge in [-0.3, -0.25) is 10.1 Å². The molecule has 122 valence electrons. The summed E-state index contributed by atoms with van der Waals surface area (Å²) in [6.45, 7) is 1.82. The summed E-state index contributed by atoms with van der Waals surface area (Å²) >= 11 is 0. The topological polar surface area (TPSA) is 87.4 Å². The number of amides is 1. The number of anilines is 1. The van der Waals surface area contributed by atoms with Crippen LogP contribution in [0.2, 0.25) is 0 Å². The molecule has 1 amide bonds. The Morgan fingerprint density at radius 3 is 3.00 bits per heavy atom. The number of aliphatic hydroxyl groups is 1. The van der Waals surface area contributed by atoms with Crippen LogP contribution in [0.1, 0.15) is 29.7 Å². The molecule has 2 aromatic rings. The Kier molecular flexibility index (Phi) is 4.45. The minimum absolute atomic E-state index is 0.0413. The quantitative estimate of drug-likeness (QED) is 0.782. The minimum Gasteiger partial charge on any atom is -0.394 e. The van der Waals surface area contributed by atoms with Crippen LogP contribution in [-0.4, -0.2) is 29.3 Å². The van der Waals surface area contributed by atoms with Crippen LogP contribution < -0.4 is 10.6 Å². The van der Waals surface area contributed by atoms with Crippen molar-refractivity contribution in [1.82, 2.24) is 10.5 Å². The molecular weight excluding hydrogens is 294 g/mol. The number of nitrogens with one attached hydrogen (secondary N) is 2. The molecule has 0 saturated heterocycles. The number of rotatable bonds is 5. The first kappa shape index (κ1) is 15.7. The van der Waals surface area contributed by atoms with Gasteiger partial charge in [0.1, 0.15) is 5.76 Å². The number of carbonyl (C=O) groups is 1. The predicted octanol–water partition coefficient (Wildman–Crippen LogP) is 1.74. The van der Waals surface area contributed by atoms with Gasteiger partial charge in [0.2, 0.25) is 5.91 Å². The van der Waals surface area contributed by atoms with Crippen LogP contribution in [0.25, 0.3) is 0 Å². The monoisotopic (exact) mass is 315 g/mol. The summed E-state index contributed by atoms with van der Waals surface area (Å²) in [6.07, 6.45) is 2.79. The fraction of sp³-hybridized carbons (Fsp3) is 0.412. The molecule has 3 rings (SSSR count). The second kappa shape index (κ2) is 6.52. The molecular formula is C17H21N3O3. The van der Waals surface area contributed by atoms with Crippen molar-refractivity contribution >= 4 is 11.7 Å². The van der Waals surface area contributed by atoms with Crippen LogP contribution in [0, 0.1) is 6.92 Å². The first-order chi connectivity index (χ1) is 11.1. The first-order valence-corrected chi connectivity index (χ1v) is 7.80. The van der Waals surface area contributed by atoms with Crippen molar-refractivity contribution in [2.75, 3.05) is 18.5 Å². The number of hydrogen-bond donors (Lipinski definition) is 3. The largest absolute Gasteiger partial charge is 0.394 e. The summed E-state index contributed by atoms with van der Waals surface area (Å²) in [7, 11) is 0. The van der Waals surface area contributed by atoms with Gasteiger partial charge < -0.3 is 14.9 Å². The Morgan fingerprint density at radius 1 is 1.43 bits per heavy atom. The van der Waals surface area contributed by atoms with Crippen molar-refractivity contribution in [1.29, 1.82) is 0 Å². The first-order valence-electron chi connectivity index (χ1n) is 7.80. The average Bonchev–Trinajstić information content (AvgIpc) is 2.97. The molecule has 0 aliphatic heterocycles. The number of aromatic nitrogens is 1. The molecule has 0 saturated carbocycles. The molecule has 6 heteroatoms. The van der Waals surface area contributed by atoms with Crippen molar-refractivity contribution in [3.63, 3.8) is 0 Å². The summed E-state index contributed by atoms with van der Waals surface area (Å²) in [5, 5.41) is 19.6. The van der Waals surface area contributed by atoms with Gasteiger partial charge in [-0.25, -0.2) is 0 Å². The van der Waals surface area contributed by atoms with Crippen LogP contribution in [0.5, 0.6) is 0 Å². The van der Waals surface area contributed by atoms with Crippen LogP contribution in [0.3, 0.4) is 0 Å². The molecule has 0 fully saturated rings. The molecule has 1 heterocycles. The lowest BCUT2D eigenvalue weighted by atomic mass is 9.77. The summed E-state index contributed by atoms with van der Waals surface area (Å²) in [5.74, 6) is 0.826. The van der Waals surface area contributed by atoms with Crippen molar-refractivity contribution in [3.8, 4) is 0 Å². The summed E-state index contributed by atoms with van der Waals surface area (Å²) < 4.78 is 4.92. The van der Waals surface area contributed by atoms with Gasteiger partial charge in [0.05, 0.1) is 18.7 Å². The van der Waals surface area contributed by atoms with E-state index in [-0.39, 0.29) is 19.1 Å². The number of carbonyl (C=O) groups excluding carboxylic acids is 1. The van der Waals surface area contributed by atoms with E-state index in [1.807, 2.05) is 18.2 Å². The van der Waals surface area contributed by atoms with E-state index < -0.39 is 5.54 Å². The van der Waals surface area contributed by atoms with Gasteiger partial charge in [-0.05, 0) is 37.3 Å². The molecule has 0 bridgehead atoms. The van der Waals surface area contributed by atoms with E-state index in [0.717, 1.165) is 24.8 Å². The fourth-order valence-corrected chi connectivity index (χ4v) is 3.19. The Hall–Kier alpha value is -2.18. The molecule has 1 aliphatic carbocycles. The van der Waals surface area contributed by atoms with Gasteiger partial charge in [-0.1, -0.05) is 29.4 Å². The lowest BCUT2D eigenvalue weighted by Gasteiger charge is -2.38. The molecule has 23 heavy (non-hydrogen) atoms. The molecule has 1 aliphatic rings. The third-order valence-electron chi connectivity index (χ3n) is 4.34. The number of aryl methyl sites for hydroxylation is 2. The maximum Gasteiger partial charge on any atom is 0.239 e. The van der Waals surface area contributed by atoms with Gasteiger partial charge in [-0.15, -0.1) is 0 Å². The second-order valence-electron chi connectivity index (χ2n) is 5.98. The van der Waals surface area contributed by atoms with E-state index in [1.165, 1.54) is 5.56 Å². The van der Waals surface area contributed by atoms with Crippen LogP contribution in [0.4, 0.5) is 5.82 Å². The molecule has 1 atom stereocenters. The third kappa shape index (κ3) is 3.28. The zero-order valence-electron chi connectivity index (χ0n) is 13.1. The molecule has 0 spiro atoms. The fourth-order valence-electron chi connectivity index (χ4n) is 3.19. The van der Waals surface area contributed by atoms with Crippen molar-refractivity contribution < 1.29 is 14.4 Å². The standard InChI is InChI=1S/C17H21N3O3/c1-12-9-15(20-23-12)19-16(22)10-18-17(11-21)8-4-6-13-5-2-3-7-14(13)17/h2-3,5,7,9,18,21H,4,6,8,10-11H2,1H3,(H,19,20,22). The Labute approximate surface area is 134 Å². The smallest absolute Gasteiger partial charge is 0.239 e. The van der Waals surface area contributed by atoms with Gasteiger partial charge in [0, 0.05) is 6.07 Å². The third-order valence-corrected chi connectivity index (χ3v) is 4.34. The van der Waals surface area contributed by atoms with Gasteiger partial charge in [0.15, 0.2) is 5.82 Å². The predicted molar refractivity (Wildman–Crippen MR) is 86.0 cm³/mol. The lowest BCUT2D eigenvalue weighted by molar-refractivity contribution is -0.116. The molecule has 1 aromatic carbocycles. The number of benzene rings is 1. The van der Waals surface area contributed by atoms with Crippen LogP contribution in [-0.2, 0) is 16.8 Å². The number of hydrogen-bond acceptors (Lipinski definition) is 5. The lowest BCUT2D eigenvalue weighted by Crippen LogP contribution is -2.50. The van der Waals surface area contributed by atoms with E-state index in [4.69, 9.17) is 4.52 Å².